The molecule has 1 saturated carbocycles. The third kappa shape index (κ3) is 4.71. The number of amides is 2. The molecule has 1 aliphatic heterocycles. The highest BCUT2D eigenvalue weighted by Crippen LogP contribution is 2.27. The monoisotopic (exact) mass is 349 g/mol. The van der Waals surface area contributed by atoms with Crippen molar-refractivity contribution in [2.75, 3.05) is 32.7 Å². The lowest BCUT2D eigenvalue weighted by Crippen LogP contribution is -2.49. The van der Waals surface area contributed by atoms with Crippen LogP contribution in [0.2, 0.25) is 5.02 Å². The van der Waals surface area contributed by atoms with Crippen LogP contribution in [0.3, 0.4) is 0 Å². The Morgan fingerprint density at radius 2 is 1.75 bits per heavy atom. The zero-order valence-electron chi connectivity index (χ0n) is 13.8. The third-order valence-electron chi connectivity index (χ3n) is 4.69. The first-order chi connectivity index (χ1) is 11.6. The van der Waals surface area contributed by atoms with E-state index in [0.29, 0.717) is 30.0 Å². The largest absolute Gasteiger partial charge is 0.352 e. The van der Waals surface area contributed by atoms with E-state index >= 15 is 0 Å². The lowest BCUT2D eigenvalue weighted by Gasteiger charge is -2.34. The van der Waals surface area contributed by atoms with Crippen molar-refractivity contribution in [1.82, 2.24) is 15.1 Å². The zero-order chi connectivity index (χ0) is 16.9. The highest BCUT2D eigenvalue weighted by atomic mass is 35.5. The molecule has 0 bridgehead atoms. The lowest BCUT2D eigenvalue weighted by atomic mass is 10.2. The summed E-state index contributed by atoms with van der Waals surface area (Å²) in [5.74, 6) is 0.0725. The van der Waals surface area contributed by atoms with Gasteiger partial charge in [-0.25, -0.2) is 0 Å². The number of nitrogens with zero attached hydrogens (tertiary/aromatic N) is 2. The van der Waals surface area contributed by atoms with Crippen LogP contribution in [-0.2, 0) is 4.79 Å². The van der Waals surface area contributed by atoms with Crippen molar-refractivity contribution >= 4 is 23.4 Å². The van der Waals surface area contributed by atoms with Crippen LogP contribution in [0.1, 0.15) is 36.0 Å². The topological polar surface area (TPSA) is 52.7 Å². The molecule has 1 aromatic rings. The predicted molar refractivity (Wildman–Crippen MR) is 94.2 cm³/mol. The molecule has 3 rings (SSSR count). The minimum Gasteiger partial charge on any atom is -0.352 e. The third-order valence-corrected chi connectivity index (χ3v) is 4.94. The lowest BCUT2D eigenvalue weighted by molar-refractivity contribution is -0.133. The number of nitrogens with one attached hydrogen (secondary N) is 1. The van der Waals surface area contributed by atoms with Crippen LogP contribution in [0.15, 0.2) is 24.3 Å². The minimum absolute atomic E-state index is 0.128. The number of carbonyl (C=O) groups excluding carboxylic acids is 2. The highest BCUT2D eigenvalue weighted by molar-refractivity contribution is 6.30. The second kappa shape index (κ2) is 7.99. The Morgan fingerprint density at radius 3 is 2.38 bits per heavy atom. The maximum atomic E-state index is 12.2. The normalized spacial score (nSPS) is 18.5. The SMILES string of the molecule is O=C(NCCCC(=O)N1CCN(C2CC2)CC1)c1ccc(Cl)cc1. The summed E-state index contributed by atoms with van der Waals surface area (Å²) in [5, 5.41) is 3.46. The van der Waals surface area contributed by atoms with Crippen molar-refractivity contribution in [3.8, 4) is 0 Å². The predicted octanol–water partition coefficient (Wildman–Crippen LogP) is 2.16. The molecule has 1 aromatic carbocycles. The molecule has 2 amide bonds. The minimum atomic E-state index is -0.128. The Hall–Kier alpha value is -1.59. The Labute approximate surface area is 147 Å². The van der Waals surface area contributed by atoms with Gasteiger partial charge in [0.05, 0.1) is 0 Å². The molecule has 2 aliphatic rings. The standard InChI is InChI=1S/C18H24ClN3O2/c19-15-5-3-14(4-6-15)18(24)20-9-1-2-17(23)22-12-10-21(11-13-22)16-7-8-16/h3-6,16H,1-2,7-13H2,(H,20,24). The molecule has 1 aliphatic carbocycles. The molecule has 1 N–H and O–H groups in total. The average molecular weight is 350 g/mol. The summed E-state index contributed by atoms with van der Waals surface area (Å²) in [6, 6.07) is 7.57. The molecule has 2 fully saturated rings. The smallest absolute Gasteiger partial charge is 0.251 e. The van der Waals surface area contributed by atoms with E-state index in [1.54, 1.807) is 24.3 Å². The molecule has 5 nitrogen and oxygen atoms in total. The molecule has 1 heterocycles. The van der Waals surface area contributed by atoms with Crippen LogP contribution in [-0.4, -0.2) is 60.4 Å². The molecule has 0 unspecified atom stereocenters. The molecule has 130 valence electrons. The van der Waals surface area contributed by atoms with Gasteiger partial charge in [-0.3, -0.25) is 14.5 Å². The van der Waals surface area contributed by atoms with Crippen molar-refractivity contribution in [2.24, 2.45) is 0 Å². The summed E-state index contributed by atoms with van der Waals surface area (Å²) < 4.78 is 0. The molecular formula is C18H24ClN3O2. The van der Waals surface area contributed by atoms with Crippen molar-refractivity contribution < 1.29 is 9.59 Å². The van der Waals surface area contributed by atoms with E-state index in [1.807, 2.05) is 4.90 Å². The van der Waals surface area contributed by atoms with Gasteiger partial charge in [-0.2, -0.15) is 0 Å². The van der Waals surface area contributed by atoms with E-state index in [1.165, 1.54) is 12.8 Å². The van der Waals surface area contributed by atoms with Crippen molar-refractivity contribution in [3.05, 3.63) is 34.9 Å². The van der Waals surface area contributed by atoms with Gasteiger partial charge in [-0.1, -0.05) is 11.6 Å². The van der Waals surface area contributed by atoms with Gasteiger partial charge in [0.1, 0.15) is 0 Å². The van der Waals surface area contributed by atoms with Gasteiger partial charge in [0.15, 0.2) is 0 Å². The van der Waals surface area contributed by atoms with Crippen molar-refractivity contribution in [2.45, 2.75) is 31.7 Å². The Kier molecular flexibility index (Phi) is 5.74. The Balaban J connectivity index is 1.32. The number of benzene rings is 1. The van der Waals surface area contributed by atoms with Gasteiger partial charge < -0.3 is 10.2 Å². The van der Waals surface area contributed by atoms with Gasteiger partial charge in [0.2, 0.25) is 5.91 Å². The van der Waals surface area contributed by atoms with Crippen LogP contribution >= 0.6 is 11.6 Å². The van der Waals surface area contributed by atoms with Crippen LogP contribution < -0.4 is 5.32 Å². The van der Waals surface area contributed by atoms with Crippen molar-refractivity contribution in [3.63, 3.8) is 0 Å². The van der Waals surface area contributed by atoms with Crippen LogP contribution in [0.4, 0.5) is 0 Å². The van der Waals surface area contributed by atoms with E-state index in [0.717, 1.165) is 32.2 Å². The molecule has 24 heavy (non-hydrogen) atoms. The highest BCUT2D eigenvalue weighted by Gasteiger charge is 2.31. The van der Waals surface area contributed by atoms with Gasteiger partial charge >= 0.3 is 0 Å². The summed E-state index contributed by atoms with van der Waals surface area (Å²) >= 11 is 5.80. The molecule has 0 atom stereocenters. The van der Waals surface area contributed by atoms with Gasteiger partial charge in [0.25, 0.3) is 5.91 Å². The molecule has 1 saturated heterocycles. The van der Waals surface area contributed by atoms with Gasteiger partial charge in [0, 0.05) is 55.8 Å². The first kappa shape index (κ1) is 17.2. The quantitative estimate of drug-likeness (QED) is 0.801. The number of hydrogen-bond donors (Lipinski definition) is 1. The van der Waals surface area contributed by atoms with Crippen LogP contribution in [0.25, 0.3) is 0 Å². The molecule has 0 radical (unpaired) electrons. The fraction of sp³-hybridized carbons (Fsp3) is 0.556. The molecular weight excluding hydrogens is 326 g/mol. The number of rotatable bonds is 6. The first-order valence-corrected chi connectivity index (χ1v) is 9.07. The molecule has 0 aromatic heterocycles. The van der Waals surface area contributed by atoms with E-state index in [4.69, 9.17) is 11.6 Å². The second-order valence-electron chi connectivity index (χ2n) is 6.51. The summed E-state index contributed by atoms with van der Waals surface area (Å²) in [6.45, 7) is 4.20. The maximum absolute atomic E-state index is 12.2. The Morgan fingerprint density at radius 1 is 1.08 bits per heavy atom. The van der Waals surface area contributed by atoms with Crippen LogP contribution in [0, 0.1) is 0 Å². The number of halogens is 1. The van der Waals surface area contributed by atoms with Crippen molar-refractivity contribution in [1.29, 1.82) is 0 Å². The van der Waals surface area contributed by atoms with E-state index in [-0.39, 0.29) is 11.8 Å². The van der Waals surface area contributed by atoms with E-state index < -0.39 is 0 Å². The summed E-state index contributed by atoms with van der Waals surface area (Å²) in [6.07, 6.45) is 3.80. The first-order valence-electron chi connectivity index (χ1n) is 8.69. The van der Waals surface area contributed by atoms with Crippen LogP contribution in [0.5, 0.6) is 0 Å². The fourth-order valence-corrected chi connectivity index (χ4v) is 3.21. The summed E-state index contributed by atoms with van der Waals surface area (Å²) in [7, 11) is 0. The maximum Gasteiger partial charge on any atom is 0.251 e. The number of hydrogen-bond acceptors (Lipinski definition) is 3. The molecule has 6 heteroatoms. The zero-order valence-corrected chi connectivity index (χ0v) is 14.6. The fourth-order valence-electron chi connectivity index (χ4n) is 3.08. The average Bonchev–Trinajstić information content (AvgIpc) is 3.44. The van der Waals surface area contributed by atoms with Gasteiger partial charge in [-0.15, -0.1) is 0 Å². The Bertz CT molecular complexity index is 578. The number of carbonyl (C=O) groups is 2. The summed E-state index contributed by atoms with van der Waals surface area (Å²) in [4.78, 5) is 28.6. The van der Waals surface area contributed by atoms with E-state index in [9.17, 15) is 9.59 Å². The summed E-state index contributed by atoms with van der Waals surface area (Å²) in [5.41, 5.74) is 0.585. The molecule has 0 spiro atoms. The second-order valence-corrected chi connectivity index (χ2v) is 6.95. The van der Waals surface area contributed by atoms with Gasteiger partial charge in [-0.05, 0) is 43.5 Å². The van der Waals surface area contributed by atoms with E-state index in [2.05, 4.69) is 10.2 Å². The number of piperazine rings is 1.